The molecule has 0 radical (unpaired) electrons. The van der Waals surface area contributed by atoms with Gasteiger partial charge in [-0.3, -0.25) is 4.79 Å². The normalized spacial score (nSPS) is 11.0. The maximum atomic E-state index is 12.4. The van der Waals surface area contributed by atoms with Crippen molar-refractivity contribution in [3.63, 3.8) is 0 Å². The summed E-state index contributed by atoms with van der Waals surface area (Å²) in [4.78, 5) is 13.8. The van der Waals surface area contributed by atoms with E-state index in [2.05, 4.69) is 11.3 Å². The highest BCUT2D eigenvalue weighted by atomic mass is 19.4. The van der Waals surface area contributed by atoms with Crippen molar-refractivity contribution in [2.75, 3.05) is 11.9 Å². The number of halogens is 3. The molecule has 0 aliphatic rings. The van der Waals surface area contributed by atoms with Crippen LogP contribution in [0.15, 0.2) is 55.1 Å². The molecule has 0 unspecified atom stereocenters. The van der Waals surface area contributed by atoms with Crippen LogP contribution < -0.4 is 9.64 Å². The molecule has 24 heavy (non-hydrogen) atoms. The first-order valence-corrected chi connectivity index (χ1v) is 7.07. The molecule has 2 rings (SSSR count). The lowest BCUT2D eigenvalue weighted by Gasteiger charge is -2.18. The van der Waals surface area contributed by atoms with E-state index in [4.69, 9.17) is 0 Å². The Bertz CT molecular complexity index is 734. The first kappa shape index (κ1) is 17.6. The first-order chi connectivity index (χ1) is 11.2. The van der Waals surface area contributed by atoms with Crippen molar-refractivity contribution in [3.8, 4) is 5.75 Å². The number of carbonyl (C=O) groups is 1. The lowest BCUT2D eigenvalue weighted by molar-refractivity contribution is -0.274. The van der Waals surface area contributed by atoms with Crippen LogP contribution in [-0.2, 0) is 0 Å². The van der Waals surface area contributed by atoms with E-state index in [-0.39, 0.29) is 17.2 Å². The highest BCUT2D eigenvalue weighted by molar-refractivity contribution is 6.05. The summed E-state index contributed by atoms with van der Waals surface area (Å²) in [6.07, 6.45) is -4.76. The molecule has 0 heterocycles. The molecule has 6 heteroatoms. The topological polar surface area (TPSA) is 29.5 Å². The van der Waals surface area contributed by atoms with Crippen molar-refractivity contribution in [2.45, 2.75) is 13.3 Å². The molecular weight excluding hydrogens is 319 g/mol. The molecule has 2 aromatic carbocycles. The van der Waals surface area contributed by atoms with Crippen LogP contribution in [0.2, 0.25) is 0 Å². The van der Waals surface area contributed by atoms with Gasteiger partial charge < -0.3 is 9.64 Å². The summed E-state index contributed by atoms with van der Waals surface area (Å²) in [5.41, 5.74) is 2.81. The van der Waals surface area contributed by atoms with Crippen molar-refractivity contribution < 1.29 is 22.7 Å². The van der Waals surface area contributed by atoms with Gasteiger partial charge in [-0.15, -0.1) is 13.2 Å². The minimum absolute atomic E-state index is 0.260. The van der Waals surface area contributed by atoms with Gasteiger partial charge in [0.25, 0.3) is 5.91 Å². The maximum Gasteiger partial charge on any atom is 0.573 e. The third-order valence-corrected chi connectivity index (χ3v) is 3.39. The van der Waals surface area contributed by atoms with Gasteiger partial charge in [-0.2, -0.15) is 0 Å². The number of allylic oxidation sites excluding steroid dienone is 1. The average molecular weight is 335 g/mol. The molecule has 1 amide bonds. The zero-order chi connectivity index (χ0) is 17.9. The molecule has 0 fully saturated rings. The van der Waals surface area contributed by atoms with E-state index in [1.807, 2.05) is 19.1 Å². The van der Waals surface area contributed by atoms with E-state index in [9.17, 15) is 18.0 Å². The van der Waals surface area contributed by atoms with Crippen LogP contribution in [0, 0.1) is 0 Å². The molecule has 0 atom stereocenters. The maximum absolute atomic E-state index is 12.4. The summed E-state index contributed by atoms with van der Waals surface area (Å²) < 4.78 is 40.2. The Morgan fingerprint density at radius 2 is 1.50 bits per heavy atom. The number of rotatable bonds is 4. The molecule has 0 saturated carbocycles. The number of hydrogen-bond acceptors (Lipinski definition) is 2. The van der Waals surface area contributed by atoms with Gasteiger partial charge in [0.05, 0.1) is 0 Å². The summed E-state index contributed by atoms with van der Waals surface area (Å²) in [5, 5.41) is 0. The van der Waals surface area contributed by atoms with Gasteiger partial charge in [0.15, 0.2) is 0 Å². The van der Waals surface area contributed by atoms with Crippen molar-refractivity contribution in [3.05, 3.63) is 66.2 Å². The lowest BCUT2D eigenvalue weighted by atomic mass is 10.1. The number of anilines is 1. The molecule has 0 saturated heterocycles. The number of ether oxygens (including phenoxy) is 1. The van der Waals surface area contributed by atoms with Gasteiger partial charge >= 0.3 is 6.36 Å². The molecule has 0 N–H and O–H groups in total. The predicted octanol–water partition coefficient (Wildman–Crippen LogP) is 4.89. The number of nitrogens with zero attached hydrogens (tertiary/aromatic N) is 1. The van der Waals surface area contributed by atoms with Crippen LogP contribution in [0.25, 0.3) is 5.57 Å². The summed E-state index contributed by atoms with van der Waals surface area (Å²) in [5.74, 6) is -0.704. The number of alkyl halides is 3. The summed E-state index contributed by atoms with van der Waals surface area (Å²) in [6.45, 7) is 5.73. The fourth-order valence-electron chi connectivity index (χ4n) is 2.08. The van der Waals surface area contributed by atoms with Crippen molar-refractivity contribution in [1.82, 2.24) is 0 Å². The lowest BCUT2D eigenvalue weighted by Crippen LogP contribution is -2.26. The molecule has 0 aromatic heterocycles. The minimum atomic E-state index is -4.76. The Morgan fingerprint density at radius 3 is 1.96 bits per heavy atom. The summed E-state index contributed by atoms with van der Waals surface area (Å²) in [7, 11) is 1.60. The Morgan fingerprint density at radius 1 is 1.00 bits per heavy atom. The molecule has 2 aromatic rings. The van der Waals surface area contributed by atoms with Crippen LogP contribution in [-0.4, -0.2) is 19.3 Å². The Balaban J connectivity index is 2.14. The van der Waals surface area contributed by atoms with Crippen LogP contribution >= 0.6 is 0 Å². The monoisotopic (exact) mass is 335 g/mol. The van der Waals surface area contributed by atoms with Crippen LogP contribution in [0.5, 0.6) is 5.75 Å². The van der Waals surface area contributed by atoms with E-state index in [0.717, 1.165) is 23.3 Å². The van der Waals surface area contributed by atoms with Crippen LogP contribution in [0.1, 0.15) is 22.8 Å². The molecule has 0 bridgehead atoms. The Hall–Kier alpha value is -2.76. The highest BCUT2D eigenvalue weighted by Gasteiger charge is 2.31. The highest BCUT2D eigenvalue weighted by Crippen LogP contribution is 2.24. The Labute approximate surface area is 138 Å². The molecule has 0 aliphatic heterocycles. The third-order valence-electron chi connectivity index (χ3n) is 3.39. The van der Waals surface area contributed by atoms with E-state index >= 15 is 0 Å². The van der Waals surface area contributed by atoms with Gasteiger partial charge in [0, 0.05) is 18.3 Å². The first-order valence-electron chi connectivity index (χ1n) is 7.07. The quantitative estimate of drug-likeness (QED) is 0.796. The second-order valence-electron chi connectivity index (χ2n) is 5.26. The number of carbonyl (C=O) groups excluding carboxylic acids is 1. The molecule has 3 nitrogen and oxygen atoms in total. The van der Waals surface area contributed by atoms with Crippen LogP contribution in [0.3, 0.4) is 0 Å². The third kappa shape index (κ3) is 4.38. The number of benzene rings is 2. The van der Waals surface area contributed by atoms with E-state index in [0.29, 0.717) is 5.69 Å². The van der Waals surface area contributed by atoms with Crippen molar-refractivity contribution >= 4 is 17.2 Å². The summed E-state index contributed by atoms with van der Waals surface area (Å²) >= 11 is 0. The SMILES string of the molecule is C=C(C)c1ccc(N(C)C(=O)c2ccc(OC(F)(F)F)cc2)cc1. The predicted molar refractivity (Wildman–Crippen MR) is 87.0 cm³/mol. The molecule has 0 aliphatic carbocycles. The van der Waals surface area contributed by atoms with E-state index in [1.54, 1.807) is 19.2 Å². The fraction of sp³-hybridized carbons (Fsp3) is 0.167. The standard InChI is InChI=1S/C18H16F3NO2/c1-12(2)13-4-8-15(9-5-13)22(3)17(23)14-6-10-16(11-7-14)24-18(19,20)21/h4-11H,1H2,2-3H3. The minimum Gasteiger partial charge on any atom is -0.406 e. The van der Waals surface area contributed by atoms with Gasteiger partial charge in [0.2, 0.25) is 0 Å². The smallest absolute Gasteiger partial charge is 0.406 e. The molecule has 126 valence electrons. The van der Waals surface area contributed by atoms with Gasteiger partial charge in [-0.25, -0.2) is 0 Å². The van der Waals surface area contributed by atoms with Gasteiger partial charge in [-0.1, -0.05) is 24.3 Å². The van der Waals surface area contributed by atoms with Gasteiger partial charge in [0.1, 0.15) is 5.75 Å². The van der Waals surface area contributed by atoms with E-state index < -0.39 is 6.36 Å². The Kier molecular flexibility index (Phi) is 4.97. The van der Waals surface area contributed by atoms with Crippen molar-refractivity contribution in [1.29, 1.82) is 0 Å². The number of amides is 1. The second-order valence-corrected chi connectivity index (χ2v) is 5.26. The van der Waals surface area contributed by atoms with Crippen LogP contribution in [0.4, 0.5) is 18.9 Å². The van der Waals surface area contributed by atoms with Gasteiger partial charge in [-0.05, 0) is 48.9 Å². The molecule has 0 spiro atoms. The zero-order valence-electron chi connectivity index (χ0n) is 13.2. The van der Waals surface area contributed by atoms with E-state index in [1.165, 1.54) is 17.0 Å². The summed E-state index contributed by atoms with van der Waals surface area (Å²) in [6, 6.07) is 12.1. The largest absolute Gasteiger partial charge is 0.573 e. The average Bonchev–Trinajstić information content (AvgIpc) is 2.53. The number of hydrogen-bond donors (Lipinski definition) is 0. The zero-order valence-corrected chi connectivity index (χ0v) is 13.2. The fourth-order valence-corrected chi connectivity index (χ4v) is 2.08. The molecular formula is C18H16F3NO2. The van der Waals surface area contributed by atoms with Crippen molar-refractivity contribution in [2.24, 2.45) is 0 Å². The second kappa shape index (κ2) is 6.78.